The topological polar surface area (TPSA) is 79.5 Å². The Kier molecular flexibility index (Phi) is 3.49. The summed E-state index contributed by atoms with van der Waals surface area (Å²) in [7, 11) is 0. The van der Waals surface area contributed by atoms with E-state index in [2.05, 4.69) is 4.98 Å². The van der Waals surface area contributed by atoms with E-state index < -0.39 is 5.97 Å². The summed E-state index contributed by atoms with van der Waals surface area (Å²) in [6, 6.07) is 3.32. The Bertz CT molecular complexity index is 439. The minimum atomic E-state index is -1.11. The van der Waals surface area contributed by atoms with Crippen molar-refractivity contribution in [2.24, 2.45) is 11.7 Å². The van der Waals surface area contributed by atoms with E-state index in [0.29, 0.717) is 18.3 Å². The van der Waals surface area contributed by atoms with Crippen LogP contribution in [-0.2, 0) is 0 Å². The standard InChI is InChI=1S/C11H14ClN3O2/c12-8-1-2-9(14-10(8)11(16)17)15-4-3-7(5-13)6-15/h1-2,7H,3-6,13H2,(H,16,17). The molecule has 3 N–H and O–H groups in total. The summed E-state index contributed by atoms with van der Waals surface area (Å²) in [5.74, 6) is 0.00919. The molecule has 1 aromatic heterocycles. The third-order valence-corrected chi connectivity index (χ3v) is 3.28. The summed E-state index contributed by atoms with van der Waals surface area (Å²) in [5.41, 5.74) is 5.52. The van der Waals surface area contributed by atoms with Gasteiger partial charge >= 0.3 is 5.97 Å². The lowest BCUT2D eigenvalue weighted by Crippen LogP contribution is -2.24. The van der Waals surface area contributed by atoms with Crippen molar-refractivity contribution in [3.8, 4) is 0 Å². The third-order valence-electron chi connectivity index (χ3n) is 2.98. The predicted molar refractivity (Wildman–Crippen MR) is 65.6 cm³/mol. The van der Waals surface area contributed by atoms with E-state index in [1.54, 1.807) is 12.1 Å². The zero-order chi connectivity index (χ0) is 12.4. The molecule has 5 nitrogen and oxygen atoms in total. The van der Waals surface area contributed by atoms with E-state index in [4.69, 9.17) is 22.4 Å². The Morgan fingerprint density at radius 1 is 1.65 bits per heavy atom. The highest BCUT2D eigenvalue weighted by atomic mass is 35.5. The van der Waals surface area contributed by atoms with Crippen molar-refractivity contribution in [3.63, 3.8) is 0 Å². The van der Waals surface area contributed by atoms with E-state index in [-0.39, 0.29) is 10.7 Å². The largest absolute Gasteiger partial charge is 0.476 e. The summed E-state index contributed by atoms with van der Waals surface area (Å²) in [6.45, 7) is 2.33. The maximum Gasteiger partial charge on any atom is 0.356 e. The molecule has 0 amide bonds. The maximum atomic E-state index is 10.9. The number of carbonyl (C=O) groups is 1. The average molecular weight is 256 g/mol. The number of nitrogens with zero attached hydrogens (tertiary/aromatic N) is 2. The highest BCUT2D eigenvalue weighted by Gasteiger charge is 2.23. The van der Waals surface area contributed by atoms with Gasteiger partial charge in [-0.25, -0.2) is 9.78 Å². The first-order chi connectivity index (χ1) is 8.11. The number of rotatable bonds is 3. The number of halogens is 1. The van der Waals surface area contributed by atoms with Crippen LogP contribution in [0.4, 0.5) is 5.82 Å². The fraction of sp³-hybridized carbons (Fsp3) is 0.455. The van der Waals surface area contributed by atoms with Crippen molar-refractivity contribution >= 4 is 23.4 Å². The number of carboxylic acids is 1. The van der Waals surface area contributed by atoms with Gasteiger partial charge in [-0.1, -0.05) is 11.6 Å². The molecule has 0 saturated carbocycles. The molecule has 2 heterocycles. The molecule has 1 unspecified atom stereocenters. The number of anilines is 1. The molecule has 2 rings (SSSR count). The van der Waals surface area contributed by atoms with Gasteiger partial charge in [0.25, 0.3) is 0 Å². The summed E-state index contributed by atoms with van der Waals surface area (Å²) in [4.78, 5) is 17.0. The van der Waals surface area contributed by atoms with E-state index in [1.807, 2.05) is 4.90 Å². The molecule has 17 heavy (non-hydrogen) atoms. The Hall–Kier alpha value is -1.33. The van der Waals surface area contributed by atoms with Crippen LogP contribution in [-0.4, -0.2) is 35.7 Å². The van der Waals surface area contributed by atoms with Crippen LogP contribution in [0, 0.1) is 5.92 Å². The summed E-state index contributed by atoms with van der Waals surface area (Å²) in [6.07, 6.45) is 1.02. The second kappa shape index (κ2) is 4.89. The Morgan fingerprint density at radius 2 is 2.41 bits per heavy atom. The highest BCUT2D eigenvalue weighted by Crippen LogP contribution is 2.24. The van der Waals surface area contributed by atoms with Crippen molar-refractivity contribution < 1.29 is 9.90 Å². The van der Waals surface area contributed by atoms with Gasteiger partial charge in [-0.15, -0.1) is 0 Å². The molecular formula is C11H14ClN3O2. The van der Waals surface area contributed by atoms with Crippen LogP contribution in [0.3, 0.4) is 0 Å². The fourth-order valence-corrected chi connectivity index (χ4v) is 2.18. The number of hydrogen-bond acceptors (Lipinski definition) is 4. The van der Waals surface area contributed by atoms with Crippen molar-refractivity contribution in [1.82, 2.24) is 4.98 Å². The Morgan fingerprint density at radius 3 is 3.00 bits per heavy atom. The lowest BCUT2D eigenvalue weighted by atomic mass is 10.1. The van der Waals surface area contributed by atoms with E-state index in [9.17, 15) is 4.79 Å². The number of hydrogen-bond donors (Lipinski definition) is 2. The van der Waals surface area contributed by atoms with Crippen LogP contribution in [0.5, 0.6) is 0 Å². The average Bonchev–Trinajstić information content (AvgIpc) is 2.78. The number of carboxylic acid groups (broad SMARTS) is 1. The molecule has 1 atom stereocenters. The van der Waals surface area contributed by atoms with Crippen LogP contribution < -0.4 is 10.6 Å². The maximum absolute atomic E-state index is 10.9. The first kappa shape index (κ1) is 12.1. The number of nitrogens with two attached hydrogens (primary N) is 1. The van der Waals surface area contributed by atoms with Gasteiger partial charge in [-0.2, -0.15) is 0 Å². The van der Waals surface area contributed by atoms with Crippen LogP contribution in [0.1, 0.15) is 16.9 Å². The van der Waals surface area contributed by atoms with E-state index in [0.717, 1.165) is 19.5 Å². The van der Waals surface area contributed by atoms with Gasteiger partial charge < -0.3 is 15.7 Å². The minimum absolute atomic E-state index is 0.0969. The highest BCUT2D eigenvalue weighted by molar-refractivity contribution is 6.33. The molecule has 1 fully saturated rings. The van der Waals surface area contributed by atoms with Gasteiger partial charge in [0.15, 0.2) is 5.69 Å². The number of pyridine rings is 1. The van der Waals surface area contributed by atoms with Crippen LogP contribution in [0.25, 0.3) is 0 Å². The van der Waals surface area contributed by atoms with Gasteiger partial charge in [0.05, 0.1) is 5.02 Å². The van der Waals surface area contributed by atoms with Gasteiger partial charge in [-0.3, -0.25) is 0 Å². The number of aromatic carboxylic acids is 1. The molecule has 1 saturated heterocycles. The monoisotopic (exact) mass is 255 g/mol. The van der Waals surface area contributed by atoms with Crippen LogP contribution in [0.15, 0.2) is 12.1 Å². The first-order valence-electron chi connectivity index (χ1n) is 5.46. The Balaban J connectivity index is 2.22. The zero-order valence-electron chi connectivity index (χ0n) is 9.27. The second-order valence-corrected chi connectivity index (χ2v) is 4.55. The smallest absolute Gasteiger partial charge is 0.356 e. The first-order valence-corrected chi connectivity index (χ1v) is 5.84. The van der Waals surface area contributed by atoms with Crippen molar-refractivity contribution in [1.29, 1.82) is 0 Å². The predicted octanol–water partition coefficient (Wildman–Crippen LogP) is 1.22. The molecule has 0 spiro atoms. The summed E-state index contributed by atoms with van der Waals surface area (Å²) in [5, 5.41) is 9.11. The molecule has 1 aromatic rings. The Labute approximate surface area is 104 Å². The van der Waals surface area contributed by atoms with Crippen molar-refractivity contribution in [2.45, 2.75) is 6.42 Å². The molecule has 0 radical (unpaired) electrons. The molecular weight excluding hydrogens is 242 g/mol. The quantitative estimate of drug-likeness (QED) is 0.849. The summed E-state index contributed by atoms with van der Waals surface area (Å²) < 4.78 is 0. The molecule has 0 aromatic carbocycles. The molecule has 0 bridgehead atoms. The molecule has 1 aliphatic rings. The molecule has 0 aliphatic carbocycles. The summed E-state index contributed by atoms with van der Waals surface area (Å²) >= 11 is 5.77. The van der Waals surface area contributed by atoms with E-state index in [1.165, 1.54) is 0 Å². The van der Waals surface area contributed by atoms with Crippen molar-refractivity contribution in [2.75, 3.05) is 24.5 Å². The minimum Gasteiger partial charge on any atom is -0.476 e. The van der Waals surface area contributed by atoms with Gasteiger partial charge in [0.1, 0.15) is 5.82 Å². The lowest BCUT2D eigenvalue weighted by molar-refractivity contribution is 0.0691. The lowest BCUT2D eigenvalue weighted by Gasteiger charge is -2.17. The van der Waals surface area contributed by atoms with Crippen LogP contribution >= 0.6 is 11.6 Å². The normalized spacial score (nSPS) is 19.6. The van der Waals surface area contributed by atoms with Gasteiger partial charge in [-0.05, 0) is 31.0 Å². The molecule has 1 aliphatic heterocycles. The zero-order valence-corrected chi connectivity index (χ0v) is 10.0. The number of aromatic nitrogens is 1. The van der Waals surface area contributed by atoms with E-state index >= 15 is 0 Å². The molecule has 92 valence electrons. The third kappa shape index (κ3) is 2.50. The second-order valence-electron chi connectivity index (χ2n) is 4.14. The van der Waals surface area contributed by atoms with Crippen LogP contribution in [0.2, 0.25) is 5.02 Å². The fourth-order valence-electron chi connectivity index (χ4n) is 1.99. The van der Waals surface area contributed by atoms with Gasteiger partial charge in [0.2, 0.25) is 0 Å². The molecule has 6 heteroatoms. The van der Waals surface area contributed by atoms with Gasteiger partial charge in [0, 0.05) is 13.1 Å². The SMILES string of the molecule is NCC1CCN(c2ccc(Cl)c(C(=O)O)n2)C1. The van der Waals surface area contributed by atoms with Crippen molar-refractivity contribution in [3.05, 3.63) is 22.8 Å².